The van der Waals surface area contributed by atoms with Gasteiger partial charge in [0, 0.05) is 11.3 Å². The fraction of sp³-hybridized carbons (Fsp3) is 0.280. The van der Waals surface area contributed by atoms with Gasteiger partial charge in [-0.15, -0.1) is 0 Å². The molecule has 8 heteroatoms. The van der Waals surface area contributed by atoms with Gasteiger partial charge in [0.05, 0.1) is 25.2 Å². The van der Waals surface area contributed by atoms with Crippen LogP contribution in [0.25, 0.3) is 0 Å². The van der Waals surface area contributed by atoms with E-state index < -0.39 is 0 Å². The molecule has 1 heterocycles. The second-order valence-electron chi connectivity index (χ2n) is 8.31. The smallest absolute Gasteiger partial charge is 0.262 e. The van der Waals surface area contributed by atoms with E-state index in [-0.39, 0.29) is 48.0 Å². The molecule has 3 aliphatic rings. The Bertz CT molecular complexity index is 1130. The molecule has 33 heavy (non-hydrogen) atoms. The molecule has 1 saturated carbocycles. The second-order valence-corrected chi connectivity index (χ2v) is 8.31. The minimum absolute atomic E-state index is 0.121. The van der Waals surface area contributed by atoms with Crippen molar-refractivity contribution >= 4 is 29.6 Å². The van der Waals surface area contributed by atoms with Gasteiger partial charge in [-0.05, 0) is 42.5 Å². The highest BCUT2D eigenvalue weighted by atomic mass is 16.5. The number of para-hydroxylation sites is 2. The SMILES string of the molecule is COc1cccc(C=NN2C(=O)C3C4C=CC(C4)C3C2=O)c1OCC(=O)Nc1ccccc1. The number of allylic oxidation sites excluding steroid dienone is 2. The Morgan fingerprint density at radius 3 is 2.42 bits per heavy atom. The number of hydrogen-bond donors (Lipinski definition) is 1. The minimum Gasteiger partial charge on any atom is -0.493 e. The number of ether oxygens (including phenoxy) is 2. The van der Waals surface area contributed by atoms with Gasteiger partial charge in [-0.2, -0.15) is 10.1 Å². The molecule has 2 aliphatic carbocycles. The van der Waals surface area contributed by atoms with Crippen LogP contribution < -0.4 is 14.8 Å². The predicted octanol–water partition coefficient (Wildman–Crippen LogP) is 2.85. The van der Waals surface area contributed by atoms with Gasteiger partial charge in [0.15, 0.2) is 18.1 Å². The topological polar surface area (TPSA) is 97.3 Å². The zero-order valence-electron chi connectivity index (χ0n) is 18.0. The van der Waals surface area contributed by atoms with Crippen LogP contribution in [0.4, 0.5) is 5.69 Å². The molecule has 4 unspecified atom stereocenters. The summed E-state index contributed by atoms with van der Waals surface area (Å²) in [6, 6.07) is 14.2. The van der Waals surface area contributed by atoms with Gasteiger partial charge in [-0.3, -0.25) is 14.4 Å². The first kappa shape index (κ1) is 20.9. The molecule has 8 nitrogen and oxygen atoms in total. The van der Waals surface area contributed by atoms with E-state index in [9.17, 15) is 14.4 Å². The monoisotopic (exact) mass is 445 g/mol. The number of anilines is 1. The summed E-state index contributed by atoms with van der Waals surface area (Å²) in [5, 5.41) is 7.94. The third-order valence-corrected chi connectivity index (χ3v) is 6.39. The number of amides is 3. The van der Waals surface area contributed by atoms with Gasteiger partial charge >= 0.3 is 0 Å². The normalized spacial score (nSPS) is 25.1. The van der Waals surface area contributed by atoms with E-state index >= 15 is 0 Å². The highest BCUT2D eigenvalue weighted by Crippen LogP contribution is 2.52. The number of fused-ring (bicyclic) bond motifs is 5. The average molecular weight is 445 g/mol. The molecule has 2 aromatic carbocycles. The number of carbonyl (C=O) groups excluding carboxylic acids is 3. The lowest BCUT2D eigenvalue weighted by atomic mass is 9.85. The number of imide groups is 1. The lowest BCUT2D eigenvalue weighted by molar-refractivity contribution is -0.140. The molecule has 1 saturated heterocycles. The number of rotatable bonds is 7. The maximum absolute atomic E-state index is 12.9. The standard InChI is InChI=1S/C25H23N3O5/c1-32-19-9-5-6-17(23(19)33-14-20(29)27-18-7-3-2-4-8-18)13-26-28-24(30)21-15-10-11-16(12-15)22(21)25(28)31/h2-11,13,15-16,21-22H,12,14H2,1H3,(H,27,29). The molecule has 0 radical (unpaired) electrons. The van der Waals surface area contributed by atoms with Gasteiger partial charge in [0.2, 0.25) is 0 Å². The zero-order valence-corrected chi connectivity index (χ0v) is 18.0. The average Bonchev–Trinajstić information content (AvgIpc) is 3.51. The summed E-state index contributed by atoms with van der Waals surface area (Å²) in [5.41, 5.74) is 1.15. The fourth-order valence-corrected chi connectivity index (χ4v) is 4.93. The molecule has 1 N–H and O–H groups in total. The maximum Gasteiger partial charge on any atom is 0.262 e. The van der Waals surface area contributed by atoms with Crippen LogP contribution in [-0.4, -0.2) is 42.7 Å². The molecule has 2 fully saturated rings. The number of nitrogens with one attached hydrogen (secondary N) is 1. The van der Waals surface area contributed by atoms with E-state index in [1.54, 1.807) is 30.3 Å². The molecular formula is C25H23N3O5. The lowest BCUT2D eigenvalue weighted by Gasteiger charge is -2.14. The van der Waals surface area contributed by atoms with Crippen molar-refractivity contribution in [1.29, 1.82) is 0 Å². The minimum atomic E-state index is -0.337. The Morgan fingerprint density at radius 1 is 1.06 bits per heavy atom. The van der Waals surface area contributed by atoms with E-state index in [0.29, 0.717) is 22.7 Å². The summed E-state index contributed by atoms with van der Waals surface area (Å²) >= 11 is 0. The molecule has 168 valence electrons. The molecule has 2 bridgehead atoms. The summed E-state index contributed by atoms with van der Waals surface area (Å²) in [4.78, 5) is 38.0. The summed E-state index contributed by atoms with van der Waals surface area (Å²) < 4.78 is 11.1. The van der Waals surface area contributed by atoms with Gasteiger partial charge in [-0.25, -0.2) is 0 Å². The number of nitrogens with zero attached hydrogens (tertiary/aromatic N) is 2. The van der Waals surface area contributed by atoms with Crippen LogP contribution in [0.1, 0.15) is 12.0 Å². The van der Waals surface area contributed by atoms with Gasteiger partial charge < -0.3 is 14.8 Å². The molecule has 1 aliphatic heterocycles. The van der Waals surface area contributed by atoms with Crippen LogP contribution in [0.3, 0.4) is 0 Å². The Labute approximate surface area is 190 Å². The quantitative estimate of drug-likeness (QED) is 0.402. The fourth-order valence-electron chi connectivity index (χ4n) is 4.93. The number of carbonyl (C=O) groups is 3. The highest BCUT2D eigenvalue weighted by molar-refractivity contribution is 6.07. The number of hydrogen-bond acceptors (Lipinski definition) is 6. The Morgan fingerprint density at radius 2 is 1.76 bits per heavy atom. The van der Waals surface area contributed by atoms with E-state index in [0.717, 1.165) is 11.4 Å². The summed E-state index contributed by atoms with van der Waals surface area (Å²) in [6.07, 6.45) is 6.35. The van der Waals surface area contributed by atoms with E-state index in [1.807, 2.05) is 30.4 Å². The largest absolute Gasteiger partial charge is 0.493 e. The first-order chi connectivity index (χ1) is 16.1. The molecule has 2 aromatic rings. The predicted molar refractivity (Wildman–Crippen MR) is 121 cm³/mol. The van der Waals surface area contributed by atoms with Crippen LogP contribution in [0.2, 0.25) is 0 Å². The Balaban J connectivity index is 1.32. The first-order valence-electron chi connectivity index (χ1n) is 10.8. The van der Waals surface area contributed by atoms with E-state index in [4.69, 9.17) is 9.47 Å². The maximum atomic E-state index is 12.9. The Hall–Kier alpha value is -3.94. The van der Waals surface area contributed by atoms with Gasteiger partial charge in [0.1, 0.15) is 0 Å². The highest BCUT2D eigenvalue weighted by Gasteiger charge is 2.59. The van der Waals surface area contributed by atoms with Crippen molar-refractivity contribution in [3.8, 4) is 11.5 Å². The van der Waals surface area contributed by atoms with Crippen molar-refractivity contribution < 1.29 is 23.9 Å². The van der Waals surface area contributed by atoms with Crippen molar-refractivity contribution in [2.45, 2.75) is 6.42 Å². The molecule has 3 amide bonds. The van der Waals surface area contributed by atoms with Crippen molar-refractivity contribution in [3.63, 3.8) is 0 Å². The second kappa shape index (κ2) is 8.54. The number of methoxy groups -OCH3 is 1. The molecule has 0 aromatic heterocycles. The first-order valence-corrected chi connectivity index (χ1v) is 10.8. The van der Waals surface area contributed by atoms with Crippen molar-refractivity contribution in [2.75, 3.05) is 19.0 Å². The molecule has 0 spiro atoms. The van der Waals surface area contributed by atoms with Gasteiger partial charge in [-0.1, -0.05) is 36.4 Å². The summed E-state index contributed by atoms with van der Waals surface area (Å²) in [7, 11) is 1.49. The Kier molecular flexibility index (Phi) is 5.42. The van der Waals surface area contributed by atoms with E-state index in [1.165, 1.54) is 13.3 Å². The third kappa shape index (κ3) is 3.77. The van der Waals surface area contributed by atoms with Crippen LogP contribution in [0, 0.1) is 23.7 Å². The van der Waals surface area contributed by atoms with Crippen molar-refractivity contribution in [2.24, 2.45) is 28.8 Å². The number of benzene rings is 2. The van der Waals surface area contributed by atoms with Crippen LogP contribution in [-0.2, 0) is 14.4 Å². The molecular weight excluding hydrogens is 422 g/mol. The van der Waals surface area contributed by atoms with Crippen LogP contribution >= 0.6 is 0 Å². The van der Waals surface area contributed by atoms with Crippen molar-refractivity contribution in [1.82, 2.24) is 5.01 Å². The summed E-state index contributed by atoms with van der Waals surface area (Å²) in [5.74, 6) is -0.532. The summed E-state index contributed by atoms with van der Waals surface area (Å²) in [6.45, 7) is -0.253. The van der Waals surface area contributed by atoms with E-state index in [2.05, 4.69) is 10.4 Å². The molecule has 4 atom stereocenters. The van der Waals surface area contributed by atoms with Crippen LogP contribution in [0.15, 0.2) is 65.8 Å². The zero-order chi connectivity index (χ0) is 22.9. The number of hydrazone groups is 1. The van der Waals surface area contributed by atoms with Crippen LogP contribution in [0.5, 0.6) is 11.5 Å². The van der Waals surface area contributed by atoms with Crippen molar-refractivity contribution in [3.05, 3.63) is 66.2 Å². The van der Waals surface area contributed by atoms with Gasteiger partial charge in [0.25, 0.3) is 17.7 Å². The third-order valence-electron chi connectivity index (χ3n) is 6.39. The molecule has 5 rings (SSSR count). The lowest BCUT2D eigenvalue weighted by Crippen LogP contribution is -2.28.